The van der Waals surface area contributed by atoms with Gasteiger partial charge in [-0.15, -0.1) is 0 Å². The molecule has 1 aliphatic rings. The Balaban J connectivity index is 2.87. The van der Waals surface area contributed by atoms with E-state index in [1.807, 2.05) is 0 Å². The van der Waals surface area contributed by atoms with E-state index in [0.29, 0.717) is 12.5 Å². The number of rotatable bonds is 3. The Morgan fingerprint density at radius 3 is 2.41 bits per heavy atom. The van der Waals surface area contributed by atoms with Crippen molar-refractivity contribution in [2.24, 2.45) is 16.4 Å². The Hall–Kier alpha value is -0.730. The molecule has 1 N–H and O–H groups in total. The van der Waals surface area contributed by atoms with E-state index in [1.165, 1.54) is 0 Å². The van der Waals surface area contributed by atoms with Gasteiger partial charge in [0.05, 0.1) is 0 Å². The van der Waals surface area contributed by atoms with Gasteiger partial charge in [-0.3, -0.25) is 0 Å². The molecule has 1 fully saturated rings. The molecule has 1 rings (SSSR count). The lowest BCUT2D eigenvalue weighted by Crippen LogP contribution is -2.58. The summed E-state index contributed by atoms with van der Waals surface area (Å²) in [7, 11) is 0. The lowest BCUT2D eigenvalue weighted by molar-refractivity contribution is 0.103. The van der Waals surface area contributed by atoms with Crippen LogP contribution in [0.1, 0.15) is 54.4 Å². The fourth-order valence-corrected chi connectivity index (χ4v) is 3.10. The van der Waals surface area contributed by atoms with Gasteiger partial charge in [0.2, 0.25) is 0 Å². The molecular weight excluding hydrogens is 212 g/mol. The van der Waals surface area contributed by atoms with E-state index in [-0.39, 0.29) is 16.5 Å². The van der Waals surface area contributed by atoms with Crippen molar-refractivity contribution in [2.45, 2.75) is 65.5 Å². The van der Waals surface area contributed by atoms with E-state index in [4.69, 9.17) is 5.53 Å². The van der Waals surface area contributed by atoms with Gasteiger partial charge in [0.1, 0.15) is 0 Å². The van der Waals surface area contributed by atoms with Crippen LogP contribution in [0.15, 0.2) is 5.11 Å². The fraction of sp³-hybridized carbons (Fsp3) is 1.00. The maximum absolute atomic E-state index is 8.46. The molecule has 17 heavy (non-hydrogen) atoms. The molecule has 1 aliphatic carbocycles. The van der Waals surface area contributed by atoms with Crippen LogP contribution in [0.2, 0.25) is 0 Å². The molecule has 0 aromatic rings. The molecule has 4 heteroatoms. The molecule has 0 saturated heterocycles. The van der Waals surface area contributed by atoms with Gasteiger partial charge in [0, 0.05) is 22.5 Å². The van der Waals surface area contributed by atoms with E-state index in [9.17, 15) is 0 Å². The average Bonchev–Trinajstić information content (AvgIpc) is 2.33. The van der Waals surface area contributed by atoms with Crippen molar-refractivity contribution in [1.29, 1.82) is 0 Å². The van der Waals surface area contributed by atoms with E-state index >= 15 is 0 Å². The van der Waals surface area contributed by atoms with Crippen molar-refractivity contribution in [2.75, 3.05) is 6.54 Å². The van der Waals surface area contributed by atoms with Gasteiger partial charge in [-0.1, -0.05) is 19.0 Å². The first kappa shape index (κ1) is 14.3. The minimum Gasteiger partial charge on any atom is -0.306 e. The number of azide groups is 1. The van der Waals surface area contributed by atoms with Gasteiger partial charge in [-0.05, 0) is 57.4 Å². The minimum atomic E-state index is 0.111. The molecule has 0 heterocycles. The van der Waals surface area contributed by atoms with Gasteiger partial charge in [0.25, 0.3) is 0 Å². The summed E-state index contributed by atoms with van der Waals surface area (Å²) in [6.07, 6.45) is 2.27. The van der Waals surface area contributed by atoms with Crippen LogP contribution >= 0.6 is 0 Å². The molecule has 2 atom stereocenters. The lowest BCUT2D eigenvalue weighted by Gasteiger charge is -2.46. The summed E-state index contributed by atoms with van der Waals surface area (Å²) >= 11 is 0. The molecule has 0 bridgehead atoms. The van der Waals surface area contributed by atoms with Crippen LogP contribution in [0.25, 0.3) is 10.4 Å². The maximum Gasteiger partial charge on any atom is 0.0292 e. The third-order valence-corrected chi connectivity index (χ3v) is 4.45. The quantitative estimate of drug-likeness (QED) is 0.452. The normalized spacial score (nSPS) is 32.2. The fourth-order valence-electron chi connectivity index (χ4n) is 3.10. The van der Waals surface area contributed by atoms with Crippen LogP contribution < -0.4 is 5.32 Å². The van der Waals surface area contributed by atoms with E-state index in [1.54, 1.807) is 0 Å². The number of nitrogens with zero attached hydrogens (tertiary/aromatic N) is 3. The third kappa shape index (κ3) is 2.93. The second-order valence-electron chi connectivity index (χ2n) is 7.08. The molecule has 0 unspecified atom stereocenters. The standard InChI is InChI=1S/C13H26N4/c1-11(2,3)16-13(6)8-7-10(9-15-17-14)12(13,4)5/h10,16H,7-9H2,1-6H3/t10-,13-/m0/s1. The summed E-state index contributed by atoms with van der Waals surface area (Å²) in [5.41, 5.74) is 8.83. The molecule has 0 spiro atoms. The highest BCUT2D eigenvalue weighted by Crippen LogP contribution is 2.50. The highest BCUT2D eigenvalue weighted by Gasteiger charge is 2.51. The van der Waals surface area contributed by atoms with E-state index in [0.717, 1.165) is 12.8 Å². The summed E-state index contributed by atoms with van der Waals surface area (Å²) in [4.78, 5) is 2.89. The molecule has 4 nitrogen and oxygen atoms in total. The summed E-state index contributed by atoms with van der Waals surface area (Å²) in [5, 5.41) is 7.52. The van der Waals surface area contributed by atoms with Crippen LogP contribution in [0.5, 0.6) is 0 Å². The number of hydrogen-bond acceptors (Lipinski definition) is 2. The van der Waals surface area contributed by atoms with Crippen LogP contribution in [-0.2, 0) is 0 Å². The molecule has 0 amide bonds. The van der Waals surface area contributed by atoms with Crippen LogP contribution in [0, 0.1) is 11.3 Å². The van der Waals surface area contributed by atoms with Crippen LogP contribution in [0.3, 0.4) is 0 Å². The third-order valence-electron chi connectivity index (χ3n) is 4.45. The van der Waals surface area contributed by atoms with Gasteiger partial charge in [-0.2, -0.15) is 0 Å². The van der Waals surface area contributed by atoms with Crippen molar-refractivity contribution >= 4 is 0 Å². The zero-order chi connectivity index (χ0) is 13.3. The van der Waals surface area contributed by atoms with Crippen molar-refractivity contribution < 1.29 is 0 Å². The van der Waals surface area contributed by atoms with Gasteiger partial charge in [-0.25, -0.2) is 0 Å². The lowest BCUT2D eigenvalue weighted by atomic mass is 9.70. The van der Waals surface area contributed by atoms with Crippen molar-refractivity contribution in [3.05, 3.63) is 10.4 Å². The Kier molecular flexibility index (Phi) is 3.80. The van der Waals surface area contributed by atoms with Crippen molar-refractivity contribution in [1.82, 2.24) is 5.32 Å². The van der Waals surface area contributed by atoms with E-state index < -0.39 is 0 Å². The molecule has 0 aromatic heterocycles. The first-order valence-electron chi connectivity index (χ1n) is 6.42. The molecule has 1 saturated carbocycles. The predicted octanol–water partition coefficient (Wildman–Crippen LogP) is 3.88. The average molecular weight is 238 g/mol. The molecule has 0 aliphatic heterocycles. The molecule has 0 radical (unpaired) electrons. The zero-order valence-corrected chi connectivity index (χ0v) is 12.0. The van der Waals surface area contributed by atoms with Crippen LogP contribution in [-0.4, -0.2) is 17.6 Å². The second-order valence-corrected chi connectivity index (χ2v) is 7.08. The van der Waals surface area contributed by atoms with Gasteiger partial charge < -0.3 is 5.32 Å². The van der Waals surface area contributed by atoms with Crippen LogP contribution in [0.4, 0.5) is 0 Å². The Labute approximate surface area is 105 Å². The molecule has 98 valence electrons. The summed E-state index contributed by atoms with van der Waals surface area (Å²) in [6.45, 7) is 14.1. The highest BCUT2D eigenvalue weighted by molar-refractivity contribution is 5.08. The predicted molar refractivity (Wildman–Crippen MR) is 71.8 cm³/mol. The largest absolute Gasteiger partial charge is 0.306 e. The smallest absolute Gasteiger partial charge is 0.0292 e. The Morgan fingerprint density at radius 2 is 1.94 bits per heavy atom. The van der Waals surface area contributed by atoms with E-state index in [2.05, 4.69) is 56.9 Å². The second kappa shape index (κ2) is 4.51. The Bertz CT molecular complexity index is 323. The zero-order valence-electron chi connectivity index (χ0n) is 12.0. The topological polar surface area (TPSA) is 60.8 Å². The molecule has 0 aromatic carbocycles. The summed E-state index contributed by atoms with van der Waals surface area (Å²) in [5.74, 6) is 0.471. The SMILES string of the molecule is CC(C)(C)N[C@@]1(C)CC[C@@H](CN=[N+]=[N-])C1(C)C. The Morgan fingerprint density at radius 1 is 1.35 bits per heavy atom. The minimum absolute atomic E-state index is 0.111. The van der Waals surface area contributed by atoms with Crippen molar-refractivity contribution in [3.63, 3.8) is 0 Å². The number of nitrogens with one attached hydrogen (secondary N) is 1. The first-order chi connectivity index (χ1) is 7.62. The first-order valence-corrected chi connectivity index (χ1v) is 6.42. The maximum atomic E-state index is 8.46. The monoisotopic (exact) mass is 238 g/mol. The summed E-state index contributed by atoms with van der Waals surface area (Å²) in [6, 6.07) is 0. The molecular formula is C13H26N4. The van der Waals surface area contributed by atoms with Gasteiger partial charge >= 0.3 is 0 Å². The highest BCUT2D eigenvalue weighted by atomic mass is 15.1. The summed E-state index contributed by atoms with van der Waals surface area (Å²) < 4.78 is 0. The van der Waals surface area contributed by atoms with Gasteiger partial charge in [0.15, 0.2) is 0 Å². The van der Waals surface area contributed by atoms with Crippen molar-refractivity contribution in [3.8, 4) is 0 Å². The number of hydrogen-bond donors (Lipinski definition) is 1.